The van der Waals surface area contributed by atoms with Crippen LogP contribution < -0.4 is 14.8 Å². The van der Waals surface area contributed by atoms with E-state index in [2.05, 4.69) is 15.5 Å². The van der Waals surface area contributed by atoms with Gasteiger partial charge in [0.1, 0.15) is 24.1 Å². The van der Waals surface area contributed by atoms with Crippen LogP contribution in [-0.2, 0) is 17.6 Å². The summed E-state index contributed by atoms with van der Waals surface area (Å²) in [7, 11) is 0. The first-order chi connectivity index (χ1) is 16.2. The van der Waals surface area contributed by atoms with E-state index in [4.69, 9.17) is 9.47 Å². The molecule has 1 aromatic heterocycles. The molecule has 2 aromatic carbocycles. The maximum absolute atomic E-state index is 13.1. The van der Waals surface area contributed by atoms with Crippen LogP contribution in [0, 0.1) is 17.1 Å². The van der Waals surface area contributed by atoms with Gasteiger partial charge in [0.05, 0.1) is 6.61 Å². The Bertz CT molecular complexity index is 1230. The number of carbonyl (C=O) groups is 1. The standard InChI is InChI=1S/C22H16F4N4O3S/c1-2-32-18-10-14(5-8-17(18)33-12-13-3-6-16(23)7-4-13)9-15(11-27)19(31)28-21-30-29-20(34-21)22(24,25)26/h3-10H,2,12H2,1H3,(H,28,30,31)/b15-9-. The quantitative estimate of drug-likeness (QED) is 0.263. The van der Waals surface area contributed by atoms with E-state index in [1.54, 1.807) is 43.3 Å². The zero-order chi connectivity index (χ0) is 24.7. The van der Waals surface area contributed by atoms with Crippen LogP contribution in [0.3, 0.4) is 0 Å². The van der Waals surface area contributed by atoms with Gasteiger partial charge < -0.3 is 9.47 Å². The number of nitrogens with one attached hydrogen (secondary N) is 1. The van der Waals surface area contributed by atoms with Gasteiger partial charge >= 0.3 is 6.18 Å². The van der Waals surface area contributed by atoms with Crippen molar-refractivity contribution in [2.24, 2.45) is 0 Å². The highest BCUT2D eigenvalue weighted by Crippen LogP contribution is 2.33. The average molecular weight is 492 g/mol. The lowest BCUT2D eigenvalue weighted by Gasteiger charge is -2.13. The Morgan fingerprint density at radius 2 is 1.88 bits per heavy atom. The number of benzene rings is 2. The maximum Gasteiger partial charge on any atom is 0.445 e. The number of amides is 1. The Morgan fingerprint density at radius 1 is 1.15 bits per heavy atom. The lowest BCUT2D eigenvalue weighted by Crippen LogP contribution is -2.13. The second-order valence-corrected chi connectivity index (χ2v) is 7.57. The fourth-order valence-corrected chi connectivity index (χ4v) is 3.22. The van der Waals surface area contributed by atoms with Crippen LogP contribution in [0.4, 0.5) is 22.7 Å². The molecule has 176 valence electrons. The van der Waals surface area contributed by atoms with Gasteiger partial charge in [-0.2, -0.15) is 18.4 Å². The van der Waals surface area contributed by atoms with E-state index in [-0.39, 0.29) is 29.3 Å². The monoisotopic (exact) mass is 492 g/mol. The second kappa shape index (κ2) is 10.8. The SMILES string of the molecule is CCOc1cc(/C=C(/C#N)C(=O)Nc2nnc(C(F)(F)F)s2)ccc1OCc1ccc(F)cc1. The van der Waals surface area contributed by atoms with Crippen molar-refractivity contribution in [3.63, 3.8) is 0 Å². The molecule has 12 heteroatoms. The zero-order valence-corrected chi connectivity index (χ0v) is 18.3. The van der Waals surface area contributed by atoms with Crippen molar-refractivity contribution in [2.45, 2.75) is 19.7 Å². The minimum absolute atomic E-state index is 0.145. The predicted molar refractivity (Wildman–Crippen MR) is 115 cm³/mol. The number of halogens is 4. The summed E-state index contributed by atoms with van der Waals surface area (Å²) < 4.78 is 62.3. The third-order valence-electron chi connectivity index (χ3n) is 4.14. The van der Waals surface area contributed by atoms with Gasteiger partial charge in [-0.05, 0) is 48.4 Å². The van der Waals surface area contributed by atoms with Crippen molar-refractivity contribution in [1.29, 1.82) is 5.26 Å². The Kier molecular flexibility index (Phi) is 7.80. The van der Waals surface area contributed by atoms with Gasteiger partial charge in [0, 0.05) is 0 Å². The van der Waals surface area contributed by atoms with Gasteiger partial charge in [-0.25, -0.2) is 4.39 Å². The molecular formula is C22H16F4N4O3S. The first-order valence-electron chi connectivity index (χ1n) is 9.67. The number of carbonyl (C=O) groups excluding carboxylic acids is 1. The van der Waals surface area contributed by atoms with Gasteiger partial charge in [0.2, 0.25) is 10.1 Å². The molecule has 0 aliphatic heterocycles. The van der Waals surface area contributed by atoms with Crippen LogP contribution in [0.2, 0.25) is 0 Å². The van der Waals surface area contributed by atoms with Crippen molar-refractivity contribution in [3.8, 4) is 17.6 Å². The molecule has 0 aliphatic rings. The molecule has 1 heterocycles. The van der Waals surface area contributed by atoms with Crippen LogP contribution >= 0.6 is 11.3 Å². The fraction of sp³-hybridized carbons (Fsp3) is 0.182. The topological polar surface area (TPSA) is 97.1 Å². The molecule has 0 unspecified atom stereocenters. The Morgan fingerprint density at radius 3 is 2.50 bits per heavy atom. The maximum atomic E-state index is 13.1. The van der Waals surface area contributed by atoms with E-state index in [1.165, 1.54) is 18.2 Å². The molecule has 7 nitrogen and oxygen atoms in total. The zero-order valence-electron chi connectivity index (χ0n) is 17.5. The summed E-state index contributed by atoms with van der Waals surface area (Å²) in [5.74, 6) is -0.573. The molecule has 1 amide bonds. The number of anilines is 1. The molecular weight excluding hydrogens is 476 g/mol. The van der Waals surface area contributed by atoms with E-state index in [9.17, 15) is 27.6 Å². The molecule has 0 atom stereocenters. The van der Waals surface area contributed by atoms with E-state index in [1.807, 2.05) is 0 Å². The van der Waals surface area contributed by atoms with E-state index in [0.717, 1.165) is 5.56 Å². The van der Waals surface area contributed by atoms with Gasteiger partial charge in [0.15, 0.2) is 11.5 Å². The van der Waals surface area contributed by atoms with Crippen LogP contribution in [-0.4, -0.2) is 22.7 Å². The first kappa shape index (κ1) is 24.7. The Hall–Kier alpha value is -3.98. The van der Waals surface area contributed by atoms with Crippen molar-refractivity contribution < 1.29 is 31.8 Å². The summed E-state index contributed by atoms with van der Waals surface area (Å²) in [5, 5.41) is 16.1. The largest absolute Gasteiger partial charge is 0.490 e. The van der Waals surface area contributed by atoms with Crippen LogP contribution in [0.1, 0.15) is 23.1 Å². The highest BCUT2D eigenvalue weighted by Gasteiger charge is 2.35. The number of nitriles is 1. The van der Waals surface area contributed by atoms with Crippen molar-refractivity contribution >= 4 is 28.5 Å². The normalized spacial score (nSPS) is 11.6. The van der Waals surface area contributed by atoms with E-state index >= 15 is 0 Å². The van der Waals surface area contributed by atoms with Gasteiger partial charge in [0.25, 0.3) is 5.91 Å². The number of rotatable bonds is 8. The second-order valence-electron chi connectivity index (χ2n) is 6.59. The minimum Gasteiger partial charge on any atom is -0.490 e. The lowest BCUT2D eigenvalue weighted by molar-refractivity contribution is -0.138. The smallest absolute Gasteiger partial charge is 0.445 e. The highest BCUT2D eigenvalue weighted by molar-refractivity contribution is 7.15. The lowest BCUT2D eigenvalue weighted by atomic mass is 10.1. The molecule has 0 radical (unpaired) electrons. The van der Waals surface area contributed by atoms with E-state index < -0.39 is 22.2 Å². The third kappa shape index (κ3) is 6.52. The molecule has 0 bridgehead atoms. The van der Waals surface area contributed by atoms with Crippen LogP contribution in [0.5, 0.6) is 11.5 Å². The molecule has 0 saturated heterocycles. The molecule has 0 spiro atoms. The summed E-state index contributed by atoms with van der Waals surface area (Å²) in [4.78, 5) is 12.3. The molecule has 1 N–H and O–H groups in total. The summed E-state index contributed by atoms with van der Waals surface area (Å²) in [6.07, 6.45) is -3.45. The van der Waals surface area contributed by atoms with E-state index in [0.29, 0.717) is 23.7 Å². The van der Waals surface area contributed by atoms with Gasteiger partial charge in [-0.15, -0.1) is 10.2 Å². The molecule has 0 saturated carbocycles. The molecule has 34 heavy (non-hydrogen) atoms. The molecule has 3 aromatic rings. The number of ether oxygens (including phenoxy) is 2. The molecule has 0 fully saturated rings. The summed E-state index contributed by atoms with van der Waals surface area (Å²) in [6, 6.07) is 12.2. The van der Waals surface area contributed by atoms with Crippen molar-refractivity contribution in [3.05, 3.63) is 70.0 Å². The Balaban J connectivity index is 1.76. The Labute approximate surface area is 195 Å². The fourth-order valence-electron chi connectivity index (χ4n) is 2.61. The molecule has 3 rings (SSSR count). The highest BCUT2D eigenvalue weighted by atomic mass is 32.1. The van der Waals surface area contributed by atoms with Gasteiger partial charge in [-0.1, -0.05) is 29.5 Å². The summed E-state index contributed by atoms with van der Waals surface area (Å²) in [6.45, 7) is 2.23. The number of alkyl halides is 3. The number of nitrogens with zero attached hydrogens (tertiary/aromatic N) is 3. The number of hydrogen-bond donors (Lipinski definition) is 1. The predicted octanol–water partition coefficient (Wildman–Crippen LogP) is 5.22. The van der Waals surface area contributed by atoms with Crippen LogP contribution in [0.25, 0.3) is 6.08 Å². The summed E-state index contributed by atoms with van der Waals surface area (Å²) in [5.41, 5.74) is 0.783. The number of aromatic nitrogens is 2. The minimum atomic E-state index is -4.69. The third-order valence-corrected chi connectivity index (χ3v) is 5.02. The van der Waals surface area contributed by atoms with Crippen molar-refractivity contribution in [1.82, 2.24) is 10.2 Å². The van der Waals surface area contributed by atoms with Gasteiger partial charge in [-0.3, -0.25) is 10.1 Å². The summed E-state index contributed by atoms with van der Waals surface area (Å²) >= 11 is 0.145. The van der Waals surface area contributed by atoms with Crippen molar-refractivity contribution in [2.75, 3.05) is 11.9 Å². The van der Waals surface area contributed by atoms with Crippen LogP contribution in [0.15, 0.2) is 48.0 Å². The first-order valence-corrected chi connectivity index (χ1v) is 10.5. The average Bonchev–Trinajstić information content (AvgIpc) is 3.27. The number of hydrogen-bond acceptors (Lipinski definition) is 7. The molecule has 0 aliphatic carbocycles.